The monoisotopic (exact) mass is 254 g/mol. The average molecular weight is 254 g/mol. The molecule has 0 atom stereocenters. The van der Waals surface area contributed by atoms with Crippen molar-refractivity contribution in [2.75, 3.05) is 0 Å². The van der Waals surface area contributed by atoms with Crippen molar-refractivity contribution in [2.45, 2.75) is 32.1 Å². The van der Waals surface area contributed by atoms with Gasteiger partial charge in [0.2, 0.25) is 0 Å². The topological polar surface area (TPSA) is 43.4 Å². The fraction of sp³-hybridized carbons (Fsp3) is 0.312. The van der Waals surface area contributed by atoms with Gasteiger partial charge in [-0.25, -0.2) is 0 Å². The molecule has 0 unspecified atom stereocenters. The SMILES string of the molecule is O=c1c2c(oc3cc4occc4cc13)CCCCC2. The minimum absolute atomic E-state index is 0.140. The molecule has 2 aromatic heterocycles. The predicted octanol–water partition coefficient (Wildman–Crippen LogP) is 3.81. The van der Waals surface area contributed by atoms with Crippen LogP contribution in [-0.2, 0) is 12.8 Å². The van der Waals surface area contributed by atoms with Crippen molar-refractivity contribution in [3.8, 4) is 0 Å². The van der Waals surface area contributed by atoms with Crippen molar-refractivity contribution < 1.29 is 8.83 Å². The van der Waals surface area contributed by atoms with Gasteiger partial charge in [-0.2, -0.15) is 0 Å². The number of hydrogen-bond acceptors (Lipinski definition) is 3. The zero-order valence-electron chi connectivity index (χ0n) is 10.6. The first-order chi connectivity index (χ1) is 9.33. The molecule has 4 rings (SSSR count). The quantitative estimate of drug-likeness (QED) is 0.573. The summed E-state index contributed by atoms with van der Waals surface area (Å²) in [5, 5.41) is 1.63. The molecule has 3 nitrogen and oxygen atoms in total. The Morgan fingerprint density at radius 2 is 1.89 bits per heavy atom. The van der Waals surface area contributed by atoms with E-state index in [0.717, 1.165) is 48.0 Å². The molecular formula is C16H14O3. The Hall–Kier alpha value is -2.03. The van der Waals surface area contributed by atoms with Crippen LogP contribution in [0.25, 0.3) is 21.9 Å². The van der Waals surface area contributed by atoms with Crippen LogP contribution < -0.4 is 5.43 Å². The Morgan fingerprint density at radius 3 is 2.84 bits per heavy atom. The molecule has 2 heterocycles. The van der Waals surface area contributed by atoms with Crippen LogP contribution in [0.4, 0.5) is 0 Å². The molecule has 1 aliphatic rings. The molecule has 0 spiro atoms. The van der Waals surface area contributed by atoms with Crippen LogP contribution in [0.3, 0.4) is 0 Å². The van der Waals surface area contributed by atoms with E-state index in [0.29, 0.717) is 11.0 Å². The van der Waals surface area contributed by atoms with E-state index >= 15 is 0 Å². The molecule has 0 fully saturated rings. The maximum Gasteiger partial charge on any atom is 0.196 e. The summed E-state index contributed by atoms with van der Waals surface area (Å²) < 4.78 is 11.3. The molecule has 0 N–H and O–H groups in total. The summed E-state index contributed by atoms with van der Waals surface area (Å²) in [5.41, 5.74) is 2.44. The number of hydrogen-bond donors (Lipinski definition) is 0. The fourth-order valence-electron chi connectivity index (χ4n) is 2.96. The standard InChI is InChI=1S/C16H14O3/c17-16-11-4-2-1-3-5-13(11)19-15-9-14-10(6-7-18-14)8-12(15)16/h6-9H,1-5H2. The Labute approximate surface area is 109 Å². The van der Waals surface area contributed by atoms with Crippen LogP contribution in [0.1, 0.15) is 30.6 Å². The van der Waals surface area contributed by atoms with Gasteiger partial charge in [-0.15, -0.1) is 0 Å². The van der Waals surface area contributed by atoms with Gasteiger partial charge in [0.25, 0.3) is 0 Å². The number of furan rings is 1. The van der Waals surface area contributed by atoms with Gasteiger partial charge in [0.05, 0.1) is 11.6 Å². The molecule has 0 radical (unpaired) electrons. The maximum atomic E-state index is 12.6. The van der Waals surface area contributed by atoms with E-state index in [4.69, 9.17) is 8.83 Å². The third-order valence-electron chi connectivity index (χ3n) is 3.97. The summed E-state index contributed by atoms with van der Waals surface area (Å²) in [6.45, 7) is 0. The van der Waals surface area contributed by atoms with Crippen molar-refractivity contribution >= 4 is 21.9 Å². The van der Waals surface area contributed by atoms with Crippen LogP contribution in [0.15, 0.2) is 38.1 Å². The van der Waals surface area contributed by atoms with E-state index in [2.05, 4.69) is 0 Å². The first-order valence-corrected chi connectivity index (χ1v) is 6.79. The Bertz CT molecular complexity index is 823. The normalized spacial score (nSPS) is 15.6. The summed E-state index contributed by atoms with van der Waals surface area (Å²) in [6.07, 6.45) is 6.71. The summed E-state index contributed by atoms with van der Waals surface area (Å²) in [6, 6.07) is 5.59. The molecule has 1 aliphatic carbocycles. The summed E-state index contributed by atoms with van der Waals surface area (Å²) >= 11 is 0. The van der Waals surface area contributed by atoms with Crippen LogP contribution in [0.5, 0.6) is 0 Å². The first-order valence-electron chi connectivity index (χ1n) is 6.79. The number of fused-ring (bicyclic) bond motifs is 3. The highest BCUT2D eigenvalue weighted by Crippen LogP contribution is 2.26. The van der Waals surface area contributed by atoms with E-state index < -0.39 is 0 Å². The number of benzene rings is 1. The van der Waals surface area contributed by atoms with Crippen LogP contribution in [-0.4, -0.2) is 0 Å². The van der Waals surface area contributed by atoms with Gasteiger partial charge < -0.3 is 8.83 Å². The highest BCUT2D eigenvalue weighted by molar-refractivity contribution is 5.93. The van der Waals surface area contributed by atoms with Gasteiger partial charge in [-0.1, -0.05) is 6.42 Å². The van der Waals surface area contributed by atoms with Gasteiger partial charge in [0, 0.05) is 23.4 Å². The largest absolute Gasteiger partial charge is 0.464 e. The van der Waals surface area contributed by atoms with E-state index in [9.17, 15) is 4.79 Å². The van der Waals surface area contributed by atoms with E-state index in [1.165, 1.54) is 6.42 Å². The third kappa shape index (κ3) is 1.61. The summed E-state index contributed by atoms with van der Waals surface area (Å²) in [5.74, 6) is 0.876. The molecule has 0 saturated heterocycles. The Morgan fingerprint density at radius 1 is 1.00 bits per heavy atom. The molecule has 96 valence electrons. The second-order valence-electron chi connectivity index (χ2n) is 5.20. The van der Waals surface area contributed by atoms with Crippen molar-refractivity contribution in [1.29, 1.82) is 0 Å². The van der Waals surface area contributed by atoms with E-state index in [1.807, 2.05) is 18.2 Å². The van der Waals surface area contributed by atoms with Gasteiger partial charge in [0.15, 0.2) is 5.43 Å². The maximum absolute atomic E-state index is 12.6. The van der Waals surface area contributed by atoms with Crippen LogP contribution in [0, 0.1) is 0 Å². The second kappa shape index (κ2) is 3.98. The van der Waals surface area contributed by atoms with E-state index in [1.54, 1.807) is 6.26 Å². The smallest absolute Gasteiger partial charge is 0.196 e. The highest BCUT2D eigenvalue weighted by atomic mass is 16.3. The molecule has 0 saturated carbocycles. The average Bonchev–Trinajstić information content (AvgIpc) is 2.73. The van der Waals surface area contributed by atoms with Gasteiger partial charge in [0.1, 0.15) is 16.9 Å². The lowest BCUT2D eigenvalue weighted by Gasteiger charge is -2.06. The fourth-order valence-corrected chi connectivity index (χ4v) is 2.96. The zero-order valence-corrected chi connectivity index (χ0v) is 10.6. The molecule has 0 bridgehead atoms. The highest BCUT2D eigenvalue weighted by Gasteiger charge is 2.17. The molecular weight excluding hydrogens is 240 g/mol. The molecule has 3 heteroatoms. The van der Waals surface area contributed by atoms with Gasteiger partial charge in [-0.3, -0.25) is 4.79 Å². The van der Waals surface area contributed by atoms with Crippen LogP contribution >= 0.6 is 0 Å². The summed E-state index contributed by atoms with van der Waals surface area (Å²) in [7, 11) is 0. The van der Waals surface area contributed by atoms with Crippen LogP contribution in [0.2, 0.25) is 0 Å². The molecule has 3 aromatic rings. The lowest BCUT2D eigenvalue weighted by Crippen LogP contribution is -2.11. The van der Waals surface area contributed by atoms with Crippen molar-refractivity contribution in [2.24, 2.45) is 0 Å². The van der Waals surface area contributed by atoms with Crippen molar-refractivity contribution in [3.05, 3.63) is 46.0 Å². The third-order valence-corrected chi connectivity index (χ3v) is 3.97. The number of aryl methyl sites for hydroxylation is 1. The molecule has 0 aliphatic heterocycles. The Kier molecular flexibility index (Phi) is 2.28. The second-order valence-corrected chi connectivity index (χ2v) is 5.20. The first kappa shape index (κ1) is 10.9. The minimum Gasteiger partial charge on any atom is -0.464 e. The lowest BCUT2D eigenvalue weighted by atomic mass is 10.1. The molecule has 19 heavy (non-hydrogen) atoms. The predicted molar refractivity (Wildman–Crippen MR) is 73.5 cm³/mol. The van der Waals surface area contributed by atoms with Gasteiger partial charge >= 0.3 is 0 Å². The molecule has 0 amide bonds. The van der Waals surface area contributed by atoms with Gasteiger partial charge in [-0.05, 0) is 31.4 Å². The Balaban J connectivity index is 2.11. The minimum atomic E-state index is 0.140. The number of rotatable bonds is 0. The zero-order chi connectivity index (χ0) is 12.8. The lowest BCUT2D eigenvalue weighted by molar-refractivity contribution is 0.524. The van der Waals surface area contributed by atoms with Crippen molar-refractivity contribution in [1.82, 2.24) is 0 Å². The summed E-state index contributed by atoms with van der Waals surface area (Å²) in [4.78, 5) is 12.6. The van der Waals surface area contributed by atoms with E-state index in [-0.39, 0.29) is 5.43 Å². The molecule has 1 aromatic carbocycles. The van der Waals surface area contributed by atoms with Crippen molar-refractivity contribution in [3.63, 3.8) is 0 Å².